The third kappa shape index (κ3) is 3.60. The quantitative estimate of drug-likeness (QED) is 0.818. The molecule has 0 aliphatic carbocycles. The number of thiophene rings is 1. The van der Waals surface area contributed by atoms with Crippen LogP contribution in [0.15, 0.2) is 6.07 Å². The van der Waals surface area contributed by atoms with Gasteiger partial charge in [-0.25, -0.2) is 0 Å². The van der Waals surface area contributed by atoms with Crippen molar-refractivity contribution in [1.82, 2.24) is 5.32 Å². The lowest BCUT2D eigenvalue weighted by Gasteiger charge is -2.25. The predicted molar refractivity (Wildman–Crippen MR) is 74.6 cm³/mol. The Kier molecular flexibility index (Phi) is 4.57. The summed E-state index contributed by atoms with van der Waals surface area (Å²) >= 11 is 1.95. The average Bonchev–Trinajstić information content (AvgIpc) is 2.44. The van der Waals surface area contributed by atoms with Crippen molar-refractivity contribution >= 4 is 11.3 Å². The zero-order valence-electron chi connectivity index (χ0n) is 11.5. The van der Waals surface area contributed by atoms with Gasteiger partial charge in [-0.05, 0) is 38.4 Å². The molecule has 0 saturated carbocycles. The Morgan fingerprint density at radius 2 is 1.94 bits per heavy atom. The van der Waals surface area contributed by atoms with Crippen molar-refractivity contribution in [2.24, 2.45) is 0 Å². The fourth-order valence-corrected chi connectivity index (χ4v) is 3.26. The molecule has 1 aromatic rings. The summed E-state index contributed by atoms with van der Waals surface area (Å²) in [4.78, 5) is 2.98. The molecule has 2 heteroatoms. The minimum atomic E-state index is 0.297. The maximum Gasteiger partial charge on any atom is 0.0134 e. The van der Waals surface area contributed by atoms with E-state index in [0.717, 1.165) is 6.54 Å². The fourth-order valence-electron chi connectivity index (χ4n) is 2.10. The van der Waals surface area contributed by atoms with Crippen LogP contribution in [-0.4, -0.2) is 12.6 Å². The summed E-state index contributed by atoms with van der Waals surface area (Å²) in [7, 11) is 0. The summed E-state index contributed by atoms with van der Waals surface area (Å²) in [6, 6.07) is 2.89. The van der Waals surface area contributed by atoms with Gasteiger partial charge in [-0.3, -0.25) is 0 Å². The van der Waals surface area contributed by atoms with E-state index in [1.165, 1.54) is 16.9 Å². The molecule has 1 nitrogen and oxygen atoms in total. The molecule has 0 saturated heterocycles. The molecule has 0 radical (unpaired) electrons. The molecule has 0 atom stereocenters. The number of hydrogen-bond donors (Lipinski definition) is 1. The first kappa shape index (κ1) is 13.7. The van der Waals surface area contributed by atoms with Crippen molar-refractivity contribution in [3.63, 3.8) is 0 Å². The Balaban J connectivity index is 2.66. The molecule has 1 heterocycles. The summed E-state index contributed by atoms with van der Waals surface area (Å²) in [6.07, 6.45) is 1.20. The highest BCUT2D eigenvalue weighted by atomic mass is 32.1. The second-order valence-corrected chi connectivity index (χ2v) is 6.87. The van der Waals surface area contributed by atoms with Gasteiger partial charge in [0.25, 0.3) is 0 Å². The topological polar surface area (TPSA) is 12.0 Å². The second kappa shape index (κ2) is 5.33. The van der Waals surface area contributed by atoms with Crippen molar-refractivity contribution in [1.29, 1.82) is 0 Å². The van der Waals surface area contributed by atoms with Gasteiger partial charge in [-0.2, -0.15) is 0 Å². The van der Waals surface area contributed by atoms with Crippen molar-refractivity contribution in [2.75, 3.05) is 6.54 Å². The highest BCUT2D eigenvalue weighted by Gasteiger charge is 2.24. The minimum Gasteiger partial charge on any atom is -0.315 e. The molecule has 1 aromatic heterocycles. The van der Waals surface area contributed by atoms with Gasteiger partial charge in [-0.1, -0.05) is 27.7 Å². The van der Waals surface area contributed by atoms with E-state index in [2.05, 4.69) is 52.9 Å². The molecular formula is C14H25NS. The van der Waals surface area contributed by atoms with Crippen molar-refractivity contribution < 1.29 is 0 Å². The first-order valence-corrected chi connectivity index (χ1v) is 6.95. The lowest BCUT2D eigenvalue weighted by Crippen LogP contribution is -2.29. The lowest BCUT2D eigenvalue weighted by molar-refractivity contribution is 0.446. The standard InChI is InChI=1S/C14H25NS/c1-10(2)15-8-7-14(5,6)13-11(3)9-12(4)16-13/h9-10,15H,7-8H2,1-6H3. The molecule has 1 rings (SSSR count). The van der Waals surface area contributed by atoms with Crippen LogP contribution in [0.2, 0.25) is 0 Å². The predicted octanol–water partition coefficient (Wildman–Crippen LogP) is 4.03. The van der Waals surface area contributed by atoms with Crippen molar-refractivity contribution in [2.45, 2.75) is 59.4 Å². The van der Waals surface area contributed by atoms with Gasteiger partial charge < -0.3 is 5.32 Å². The van der Waals surface area contributed by atoms with Gasteiger partial charge >= 0.3 is 0 Å². The lowest BCUT2D eigenvalue weighted by atomic mass is 9.85. The Bertz CT molecular complexity index is 337. The molecule has 0 amide bonds. The molecule has 0 unspecified atom stereocenters. The van der Waals surface area contributed by atoms with Crippen molar-refractivity contribution in [3.8, 4) is 0 Å². The summed E-state index contributed by atoms with van der Waals surface area (Å²) in [5.41, 5.74) is 1.75. The van der Waals surface area contributed by atoms with E-state index in [-0.39, 0.29) is 0 Å². The SMILES string of the molecule is Cc1cc(C)c(C(C)(C)CCNC(C)C)s1. The summed E-state index contributed by atoms with van der Waals surface area (Å²) < 4.78 is 0. The number of hydrogen-bond acceptors (Lipinski definition) is 2. The number of aryl methyl sites for hydroxylation is 2. The van der Waals surface area contributed by atoms with Crippen LogP contribution < -0.4 is 5.32 Å². The third-order valence-corrected chi connectivity index (χ3v) is 4.48. The molecule has 1 N–H and O–H groups in total. The summed E-state index contributed by atoms with van der Waals surface area (Å²) in [5.74, 6) is 0. The van der Waals surface area contributed by atoms with Crippen LogP contribution in [0.5, 0.6) is 0 Å². The molecule has 0 bridgehead atoms. The molecule has 0 spiro atoms. The van der Waals surface area contributed by atoms with Gasteiger partial charge in [0.2, 0.25) is 0 Å². The Labute approximate surface area is 104 Å². The minimum absolute atomic E-state index is 0.297. The van der Waals surface area contributed by atoms with Crippen LogP contribution in [0.4, 0.5) is 0 Å². The van der Waals surface area contributed by atoms with Gasteiger partial charge in [-0.15, -0.1) is 11.3 Å². The van der Waals surface area contributed by atoms with E-state index in [1.54, 1.807) is 4.88 Å². The molecule has 0 aliphatic heterocycles. The van der Waals surface area contributed by atoms with E-state index >= 15 is 0 Å². The van der Waals surface area contributed by atoms with Crippen LogP contribution in [0, 0.1) is 13.8 Å². The van der Waals surface area contributed by atoms with E-state index in [1.807, 2.05) is 11.3 Å². The van der Waals surface area contributed by atoms with E-state index in [9.17, 15) is 0 Å². The first-order chi connectivity index (χ1) is 7.33. The number of nitrogens with one attached hydrogen (secondary N) is 1. The van der Waals surface area contributed by atoms with Gasteiger partial charge in [0.15, 0.2) is 0 Å². The van der Waals surface area contributed by atoms with Crippen LogP contribution in [0.3, 0.4) is 0 Å². The monoisotopic (exact) mass is 239 g/mol. The smallest absolute Gasteiger partial charge is 0.0134 e. The highest BCUT2D eigenvalue weighted by molar-refractivity contribution is 7.12. The van der Waals surface area contributed by atoms with Crippen LogP contribution in [-0.2, 0) is 5.41 Å². The van der Waals surface area contributed by atoms with E-state index in [0.29, 0.717) is 11.5 Å². The second-order valence-electron chi connectivity index (χ2n) is 5.61. The maximum absolute atomic E-state index is 3.50. The maximum atomic E-state index is 3.50. The largest absolute Gasteiger partial charge is 0.315 e. The summed E-state index contributed by atoms with van der Waals surface area (Å²) in [5, 5.41) is 3.50. The molecule has 0 fully saturated rings. The normalized spacial score (nSPS) is 12.4. The van der Waals surface area contributed by atoms with Crippen LogP contribution in [0.25, 0.3) is 0 Å². The highest BCUT2D eigenvalue weighted by Crippen LogP contribution is 2.35. The summed E-state index contributed by atoms with van der Waals surface area (Å²) in [6.45, 7) is 14.6. The van der Waals surface area contributed by atoms with Crippen LogP contribution >= 0.6 is 11.3 Å². The van der Waals surface area contributed by atoms with Gasteiger partial charge in [0.05, 0.1) is 0 Å². The molecule has 92 valence electrons. The molecule has 16 heavy (non-hydrogen) atoms. The fraction of sp³-hybridized carbons (Fsp3) is 0.714. The third-order valence-electron chi connectivity index (χ3n) is 2.96. The Hall–Kier alpha value is -0.340. The Morgan fingerprint density at radius 3 is 2.38 bits per heavy atom. The van der Waals surface area contributed by atoms with E-state index in [4.69, 9.17) is 0 Å². The average molecular weight is 239 g/mol. The van der Waals surface area contributed by atoms with Gasteiger partial charge in [0.1, 0.15) is 0 Å². The molecule has 0 aliphatic rings. The van der Waals surface area contributed by atoms with Crippen LogP contribution in [0.1, 0.15) is 49.4 Å². The zero-order valence-corrected chi connectivity index (χ0v) is 12.3. The Morgan fingerprint density at radius 1 is 1.31 bits per heavy atom. The van der Waals surface area contributed by atoms with E-state index < -0.39 is 0 Å². The zero-order chi connectivity index (χ0) is 12.3. The number of rotatable bonds is 5. The molecular weight excluding hydrogens is 214 g/mol. The van der Waals surface area contributed by atoms with Crippen molar-refractivity contribution in [3.05, 3.63) is 21.4 Å². The first-order valence-electron chi connectivity index (χ1n) is 6.14. The molecule has 0 aromatic carbocycles. The van der Waals surface area contributed by atoms with Gasteiger partial charge in [0, 0.05) is 21.2 Å².